The Bertz CT molecular complexity index is 2190. The number of hydrogen-bond donors (Lipinski definition) is 6. The molecule has 6 N–H and O–H groups in total. The number of hydrogen-bond acceptors (Lipinski definition) is 15. The molecule has 314 valence electrons. The van der Waals surface area contributed by atoms with Crippen molar-refractivity contribution in [3.63, 3.8) is 0 Å². The van der Waals surface area contributed by atoms with Gasteiger partial charge < -0.3 is 54.9 Å². The molecule has 1 aromatic heterocycles. The molecule has 0 unspecified atom stereocenters. The molecule has 4 bridgehead atoms. The fourth-order valence-electron chi connectivity index (χ4n) is 8.10. The van der Waals surface area contributed by atoms with Gasteiger partial charge in [-0.3, -0.25) is 14.4 Å². The summed E-state index contributed by atoms with van der Waals surface area (Å²) in [4.78, 5) is 47.8. The summed E-state index contributed by atoms with van der Waals surface area (Å²) in [5.74, 6) is -6.78. The molecule has 9 atom stereocenters. The van der Waals surface area contributed by atoms with Crippen molar-refractivity contribution in [3.8, 4) is 17.2 Å². The Morgan fingerprint density at radius 1 is 1.00 bits per heavy atom. The number of nitrogens with zero attached hydrogens (tertiary/aromatic N) is 2. The average Bonchev–Trinajstić information content (AvgIpc) is 3.76. The summed E-state index contributed by atoms with van der Waals surface area (Å²) in [7, 11) is 1.47. The van der Waals surface area contributed by atoms with E-state index in [1.807, 2.05) is 0 Å². The first-order valence-electron chi connectivity index (χ1n) is 19.5. The molecular weight excluding hydrogens is 769 g/mol. The summed E-state index contributed by atoms with van der Waals surface area (Å²) in [6, 6.07) is 0. The second-order valence-electron chi connectivity index (χ2n) is 15.8. The van der Waals surface area contributed by atoms with E-state index in [2.05, 4.69) is 15.5 Å². The van der Waals surface area contributed by atoms with Crippen LogP contribution in [0.4, 0.5) is 10.8 Å². The summed E-state index contributed by atoms with van der Waals surface area (Å²) in [5, 5.41) is 53.4. The Morgan fingerprint density at radius 3 is 2.34 bits per heavy atom. The molecule has 1 amide bonds. The first-order chi connectivity index (χ1) is 27.4. The molecule has 3 aliphatic rings. The van der Waals surface area contributed by atoms with Crippen molar-refractivity contribution < 1.29 is 53.8 Å². The van der Waals surface area contributed by atoms with E-state index in [4.69, 9.17) is 23.9 Å². The SMILES string of the molecule is CO[C@@H]1/C=C/O[C@@]2(C)Oc3c(C)c(O)c4c(O)c(c5sc(N6CCNCC6)nc5c4c3C2=O)NC(=O)/C(C)=C\C=C\[C@H](C)[C@H](O)[C@@H](C)[C@@H](O)[C@@H](C)[C@H](OC(C)=O)[C@@H]1C. The molecule has 2 aromatic carbocycles. The van der Waals surface area contributed by atoms with E-state index >= 15 is 0 Å². The topological polar surface area (TPSA) is 209 Å². The number of phenolic OH excluding ortho intramolecular Hbond substituents is 2. The molecule has 0 radical (unpaired) electrons. The van der Waals surface area contributed by atoms with E-state index in [9.17, 15) is 34.8 Å². The lowest BCUT2D eigenvalue weighted by Gasteiger charge is -2.38. The Morgan fingerprint density at radius 2 is 1.69 bits per heavy atom. The number of nitrogens with one attached hydrogen (secondary N) is 2. The van der Waals surface area contributed by atoms with Crippen molar-refractivity contribution in [3.05, 3.63) is 47.3 Å². The Hall–Kier alpha value is -4.74. The number of carbonyl (C=O) groups is 3. The maximum atomic E-state index is 14.6. The maximum absolute atomic E-state index is 14.6. The Kier molecular flexibility index (Phi) is 12.5. The smallest absolute Gasteiger partial charge is 0.312 e. The van der Waals surface area contributed by atoms with E-state index in [1.54, 1.807) is 65.8 Å². The van der Waals surface area contributed by atoms with Crippen molar-refractivity contribution in [2.45, 2.75) is 85.6 Å². The average molecular weight is 823 g/mol. The number of carbonyl (C=O) groups excluding carboxylic acids is 3. The zero-order valence-corrected chi connectivity index (χ0v) is 35.1. The van der Waals surface area contributed by atoms with Gasteiger partial charge in [-0.25, -0.2) is 4.98 Å². The highest BCUT2D eigenvalue weighted by molar-refractivity contribution is 7.23. The number of methoxy groups -OCH3 is 1. The summed E-state index contributed by atoms with van der Waals surface area (Å²) >= 11 is 1.24. The highest BCUT2D eigenvalue weighted by Crippen LogP contribution is 2.55. The quantitative estimate of drug-likeness (QED) is 0.151. The summed E-state index contributed by atoms with van der Waals surface area (Å²) < 4.78 is 24.3. The van der Waals surface area contributed by atoms with Crippen molar-refractivity contribution in [2.24, 2.45) is 23.7 Å². The maximum Gasteiger partial charge on any atom is 0.312 e. The summed E-state index contributed by atoms with van der Waals surface area (Å²) in [6.45, 7) is 15.6. The molecule has 4 heterocycles. The van der Waals surface area contributed by atoms with Crippen LogP contribution in [0.25, 0.3) is 21.0 Å². The number of piperazine rings is 1. The van der Waals surface area contributed by atoms with Gasteiger partial charge in [0, 0.05) is 87.3 Å². The molecule has 58 heavy (non-hydrogen) atoms. The number of ketones is 1. The van der Waals surface area contributed by atoms with Gasteiger partial charge in [-0.1, -0.05) is 57.3 Å². The number of amides is 1. The van der Waals surface area contributed by atoms with Crippen LogP contribution in [0.1, 0.15) is 64.4 Å². The number of esters is 1. The predicted molar refractivity (Wildman–Crippen MR) is 220 cm³/mol. The minimum Gasteiger partial charge on any atom is -0.507 e. The third-order valence-corrected chi connectivity index (χ3v) is 12.9. The number of benzene rings is 2. The van der Waals surface area contributed by atoms with E-state index in [0.717, 1.165) is 13.1 Å². The van der Waals surface area contributed by atoms with Crippen LogP contribution in [0.5, 0.6) is 17.2 Å². The number of rotatable bonds is 3. The number of phenols is 2. The molecule has 16 heteroatoms. The molecule has 1 fully saturated rings. The number of Topliss-reactive ketones (excluding diaryl/α,β-unsaturated/α-hetero) is 1. The highest BCUT2D eigenvalue weighted by atomic mass is 32.1. The van der Waals surface area contributed by atoms with Crippen molar-refractivity contribution in [1.29, 1.82) is 0 Å². The number of aliphatic hydroxyl groups excluding tert-OH is 2. The number of ether oxygens (including phenoxy) is 4. The van der Waals surface area contributed by atoms with Crippen LogP contribution in [0.15, 0.2) is 36.1 Å². The van der Waals surface area contributed by atoms with Gasteiger partial charge in [0.05, 0.1) is 45.7 Å². The van der Waals surface area contributed by atoms with E-state index in [0.29, 0.717) is 22.9 Å². The molecule has 6 rings (SSSR count). The molecular formula is C42H54N4O11S. The Balaban J connectivity index is 1.54. The van der Waals surface area contributed by atoms with E-state index < -0.39 is 77.3 Å². The zero-order chi connectivity index (χ0) is 42.4. The Labute approximate surface area is 341 Å². The van der Waals surface area contributed by atoms with Crippen LogP contribution in [-0.4, -0.2) is 107 Å². The molecule has 15 nitrogen and oxygen atoms in total. The lowest BCUT2D eigenvalue weighted by molar-refractivity contribution is -0.160. The number of thiazole rings is 1. The number of aromatic nitrogens is 1. The number of allylic oxidation sites excluding steroid dienone is 2. The lowest BCUT2D eigenvalue weighted by Crippen LogP contribution is -2.46. The summed E-state index contributed by atoms with van der Waals surface area (Å²) in [6.07, 6.45) is 3.97. The van der Waals surface area contributed by atoms with Crippen LogP contribution < -0.4 is 20.3 Å². The fourth-order valence-corrected chi connectivity index (χ4v) is 9.23. The zero-order valence-electron chi connectivity index (χ0n) is 34.3. The van der Waals surface area contributed by atoms with E-state index in [-0.39, 0.29) is 50.2 Å². The fraction of sp³-hybridized carbons (Fsp3) is 0.524. The molecule has 1 saturated heterocycles. The predicted octanol–water partition coefficient (Wildman–Crippen LogP) is 5.07. The number of aliphatic hydroxyl groups is 2. The van der Waals surface area contributed by atoms with Gasteiger partial charge >= 0.3 is 11.8 Å². The molecule has 3 aliphatic heterocycles. The van der Waals surface area contributed by atoms with Crippen molar-refractivity contribution >= 4 is 60.8 Å². The molecule has 0 aliphatic carbocycles. The third-order valence-electron chi connectivity index (χ3n) is 11.7. The van der Waals surface area contributed by atoms with Crippen LogP contribution in [0.2, 0.25) is 0 Å². The van der Waals surface area contributed by atoms with Gasteiger partial charge in [0.2, 0.25) is 0 Å². The minimum absolute atomic E-state index is 0.0213. The molecule has 0 spiro atoms. The number of anilines is 2. The molecule has 0 saturated carbocycles. The monoisotopic (exact) mass is 822 g/mol. The summed E-state index contributed by atoms with van der Waals surface area (Å²) in [5.41, 5.74) is 0.770. The number of aromatic hydroxyl groups is 2. The van der Waals surface area contributed by atoms with Crippen LogP contribution >= 0.6 is 11.3 Å². The molecule has 3 aromatic rings. The van der Waals surface area contributed by atoms with E-state index in [1.165, 1.54) is 38.6 Å². The minimum atomic E-state index is -1.94. The largest absolute Gasteiger partial charge is 0.507 e. The van der Waals surface area contributed by atoms with Crippen molar-refractivity contribution in [2.75, 3.05) is 43.5 Å². The first kappa shape index (κ1) is 42.9. The van der Waals surface area contributed by atoms with Crippen LogP contribution in [-0.2, 0) is 23.8 Å². The van der Waals surface area contributed by atoms with Gasteiger partial charge in [0.15, 0.2) is 10.9 Å². The van der Waals surface area contributed by atoms with Gasteiger partial charge in [-0.15, -0.1) is 0 Å². The second-order valence-corrected chi connectivity index (χ2v) is 16.7. The second kappa shape index (κ2) is 16.9. The normalized spacial score (nSPS) is 32.1. The van der Waals surface area contributed by atoms with Crippen molar-refractivity contribution in [1.82, 2.24) is 10.3 Å². The lowest BCUT2D eigenvalue weighted by atomic mass is 9.78. The first-order valence-corrected chi connectivity index (χ1v) is 20.3. The van der Waals surface area contributed by atoms with Crippen LogP contribution in [0.3, 0.4) is 0 Å². The highest BCUT2D eigenvalue weighted by Gasteiger charge is 2.50. The van der Waals surface area contributed by atoms with Gasteiger partial charge in [-0.05, 0) is 19.9 Å². The standard InChI is InChI=1S/C42H54N4O11S/c1-19-11-10-12-20(2)40(53)44-31-35(51)28-27(30-38(31)58-41(45-30)46-16-14-43-15-17-46)29-37(24(6)34(28)50)57-42(8,39(29)52)55-18-13-26(54-9)21(3)36(56-25(7)47)23(5)33(49)22(4)32(19)48/h10-13,18-19,21-23,26,32-33,36,43,48-51H,14-17H2,1-9H3,(H,44,53)/b11-10+,18-13+,20-12-/t19-,21+,22+,23+,26+,32-,33+,36+,42-/m0/s1. The number of fused-ring (bicyclic) bond motifs is 1. The van der Waals surface area contributed by atoms with Gasteiger partial charge in [0.1, 0.15) is 23.3 Å². The van der Waals surface area contributed by atoms with Crippen LogP contribution in [0, 0.1) is 30.6 Å². The van der Waals surface area contributed by atoms with Gasteiger partial charge in [0.25, 0.3) is 11.7 Å². The van der Waals surface area contributed by atoms with Gasteiger partial charge in [-0.2, -0.15) is 0 Å². The third kappa shape index (κ3) is 7.75.